The Labute approximate surface area is 89.5 Å². The number of hydrogen-bond acceptors (Lipinski definition) is 1. The van der Waals surface area contributed by atoms with E-state index >= 15 is 0 Å². The van der Waals surface area contributed by atoms with Gasteiger partial charge >= 0.3 is 0 Å². The molecule has 4 atom stereocenters. The maximum absolute atomic E-state index is 5.56. The Hall–Kier alpha value is 0.920. The molecule has 0 radical (unpaired) electrons. The molecule has 1 saturated heterocycles. The maximum Gasteiger partial charge on any atom is 0.0925 e. The Bertz CT molecular complexity index is 241. The zero-order chi connectivity index (χ0) is 8.78. The molecule has 0 bridgehead atoms. The van der Waals surface area contributed by atoms with Crippen LogP contribution < -0.4 is 0 Å². The first kappa shape index (κ1) is 8.25. The molecule has 0 N–H and O–H groups in total. The summed E-state index contributed by atoms with van der Waals surface area (Å²) in [7, 11) is 0. The van der Waals surface area contributed by atoms with Gasteiger partial charge < -0.3 is 4.74 Å². The van der Waals surface area contributed by atoms with Crippen molar-refractivity contribution in [2.75, 3.05) is 0 Å². The highest BCUT2D eigenvalue weighted by atomic mass is 79.9. The van der Waals surface area contributed by atoms with Crippen molar-refractivity contribution < 1.29 is 4.74 Å². The molecule has 1 nitrogen and oxygen atoms in total. The SMILES string of the molecule is CC12CC3OC3CC1(C)C2(Br)Br. The van der Waals surface area contributed by atoms with Crippen molar-refractivity contribution in [3.63, 3.8) is 0 Å². The summed E-state index contributed by atoms with van der Waals surface area (Å²) >= 11 is 7.60. The van der Waals surface area contributed by atoms with Gasteiger partial charge in [-0.05, 0) is 12.8 Å². The molecule has 1 heterocycles. The summed E-state index contributed by atoms with van der Waals surface area (Å²) in [6, 6.07) is 0. The topological polar surface area (TPSA) is 12.5 Å². The number of ether oxygens (including phenoxy) is 1. The molecule has 12 heavy (non-hydrogen) atoms. The predicted molar refractivity (Wildman–Crippen MR) is 54.7 cm³/mol. The van der Waals surface area contributed by atoms with Gasteiger partial charge in [-0.2, -0.15) is 0 Å². The van der Waals surface area contributed by atoms with Crippen LogP contribution in [0.5, 0.6) is 0 Å². The van der Waals surface area contributed by atoms with E-state index in [1.807, 2.05) is 0 Å². The molecule has 0 aromatic rings. The Kier molecular flexibility index (Phi) is 1.25. The van der Waals surface area contributed by atoms with Crippen LogP contribution in [-0.2, 0) is 4.74 Å². The third kappa shape index (κ3) is 0.612. The third-order valence-electron chi connectivity index (χ3n) is 4.45. The van der Waals surface area contributed by atoms with E-state index in [9.17, 15) is 0 Å². The first-order chi connectivity index (χ1) is 5.42. The summed E-state index contributed by atoms with van der Waals surface area (Å²) < 4.78 is 5.74. The Morgan fingerprint density at radius 3 is 1.92 bits per heavy atom. The van der Waals surface area contributed by atoms with Gasteiger partial charge in [0.15, 0.2) is 0 Å². The minimum atomic E-state index is 0.177. The number of alkyl halides is 2. The zero-order valence-corrected chi connectivity index (χ0v) is 10.4. The van der Waals surface area contributed by atoms with E-state index in [0.29, 0.717) is 23.0 Å². The fourth-order valence-electron chi connectivity index (χ4n) is 3.00. The van der Waals surface area contributed by atoms with Gasteiger partial charge in [-0.1, -0.05) is 45.7 Å². The fourth-order valence-corrected chi connectivity index (χ4v) is 5.20. The maximum atomic E-state index is 5.56. The van der Waals surface area contributed by atoms with Crippen molar-refractivity contribution in [3.05, 3.63) is 0 Å². The van der Waals surface area contributed by atoms with Crippen molar-refractivity contribution in [1.82, 2.24) is 0 Å². The van der Waals surface area contributed by atoms with Gasteiger partial charge in [0.2, 0.25) is 0 Å². The summed E-state index contributed by atoms with van der Waals surface area (Å²) in [5.74, 6) is 0. The molecule has 3 fully saturated rings. The quantitative estimate of drug-likeness (QED) is 0.494. The average Bonchev–Trinajstić information content (AvgIpc) is 2.72. The summed E-state index contributed by atoms with van der Waals surface area (Å²) in [6.07, 6.45) is 3.56. The largest absolute Gasteiger partial charge is 0.370 e. The van der Waals surface area contributed by atoms with Crippen LogP contribution in [0.1, 0.15) is 26.7 Å². The first-order valence-corrected chi connectivity index (χ1v) is 6.04. The van der Waals surface area contributed by atoms with Crippen molar-refractivity contribution >= 4 is 31.9 Å². The highest BCUT2D eigenvalue weighted by molar-refractivity contribution is 9.25. The molecule has 3 heteroatoms. The second-order valence-corrected chi connectivity index (χ2v) is 8.30. The lowest BCUT2D eigenvalue weighted by Crippen LogP contribution is -2.19. The highest BCUT2D eigenvalue weighted by Gasteiger charge is 2.84. The van der Waals surface area contributed by atoms with E-state index in [-0.39, 0.29) is 3.23 Å². The van der Waals surface area contributed by atoms with Gasteiger partial charge in [0, 0.05) is 10.8 Å². The monoisotopic (exact) mass is 294 g/mol. The van der Waals surface area contributed by atoms with Gasteiger partial charge in [0.25, 0.3) is 0 Å². The average molecular weight is 296 g/mol. The van der Waals surface area contributed by atoms with Crippen LogP contribution in [0.15, 0.2) is 0 Å². The number of fused-ring (bicyclic) bond motifs is 2. The molecule has 68 valence electrons. The van der Waals surface area contributed by atoms with Crippen molar-refractivity contribution in [2.24, 2.45) is 10.8 Å². The highest BCUT2D eigenvalue weighted by Crippen LogP contribution is 2.86. The lowest BCUT2D eigenvalue weighted by molar-refractivity contribution is 0.309. The molecule has 2 aliphatic carbocycles. The Balaban J connectivity index is 2.00. The van der Waals surface area contributed by atoms with E-state index in [1.54, 1.807) is 0 Å². The molecule has 0 spiro atoms. The number of epoxide rings is 1. The van der Waals surface area contributed by atoms with Crippen LogP contribution in [0.25, 0.3) is 0 Å². The van der Waals surface area contributed by atoms with Gasteiger partial charge in [0.1, 0.15) is 0 Å². The Morgan fingerprint density at radius 1 is 1.08 bits per heavy atom. The fraction of sp³-hybridized carbons (Fsp3) is 1.00. The molecule has 4 unspecified atom stereocenters. The van der Waals surface area contributed by atoms with Crippen LogP contribution in [0.2, 0.25) is 0 Å². The van der Waals surface area contributed by atoms with Gasteiger partial charge in [-0.15, -0.1) is 0 Å². The van der Waals surface area contributed by atoms with E-state index < -0.39 is 0 Å². The lowest BCUT2D eigenvalue weighted by atomic mass is 9.82. The summed E-state index contributed by atoms with van der Waals surface area (Å²) in [5, 5.41) is 0. The smallest absolute Gasteiger partial charge is 0.0925 e. The van der Waals surface area contributed by atoms with Crippen LogP contribution >= 0.6 is 31.9 Å². The van der Waals surface area contributed by atoms with E-state index in [4.69, 9.17) is 4.74 Å². The van der Waals surface area contributed by atoms with Gasteiger partial charge in [-0.25, -0.2) is 0 Å². The minimum Gasteiger partial charge on any atom is -0.370 e. The second-order valence-electron chi connectivity index (χ2n) is 4.86. The molecule has 1 aliphatic heterocycles. The molecular formula is C9H12Br2O. The molecule has 3 rings (SSSR count). The minimum absolute atomic E-state index is 0.177. The number of halogens is 2. The van der Waals surface area contributed by atoms with Crippen molar-refractivity contribution in [3.8, 4) is 0 Å². The molecular weight excluding hydrogens is 284 g/mol. The molecule has 0 aromatic heterocycles. The van der Waals surface area contributed by atoms with Crippen molar-refractivity contribution in [2.45, 2.75) is 42.1 Å². The zero-order valence-electron chi connectivity index (χ0n) is 7.23. The van der Waals surface area contributed by atoms with E-state index in [1.165, 1.54) is 12.8 Å². The second kappa shape index (κ2) is 1.82. The predicted octanol–water partition coefficient (Wildman–Crippen LogP) is 3.06. The van der Waals surface area contributed by atoms with Crippen LogP contribution in [0.3, 0.4) is 0 Å². The third-order valence-corrected chi connectivity index (χ3v) is 7.95. The number of rotatable bonds is 0. The van der Waals surface area contributed by atoms with Gasteiger partial charge in [0.05, 0.1) is 15.4 Å². The normalized spacial score (nSPS) is 65.0. The standard InChI is InChI=1S/C9H12Br2O/c1-7-3-5-6(12-5)4-8(7,2)9(7,10)11/h5-6H,3-4H2,1-2H3. The summed E-state index contributed by atoms with van der Waals surface area (Å²) in [5.41, 5.74) is 0.801. The summed E-state index contributed by atoms with van der Waals surface area (Å²) in [4.78, 5) is 0. The molecule has 2 saturated carbocycles. The van der Waals surface area contributed by atoms with E-state index in [0.717, 1.165) is 0 Å². The van der Waals surface area contributed by atoms with Crippen LogP contribution in [0, 0.1) is 10.8 Å². The van der Waals surface area contributed by atoms with Crippen molar-refractivity contribution in [1.29, 1.82) is 0 Å². The molecule has 0 aromatic carbocycles. The van der Waals surface area contributed by atoms with Crippen LogP contribution in [0.4, 0.5) is 0 Å². The first-order valence-electron chi connectivity index (χ1n) is 4.46. The lowest BCUT2D eigenvalue weighted by Gasteiger charge is -2.19. The Morgan fingerprint density at radius 2 is 1.50 bits per heavy atom. The van der Waals surface area contributed by atoms with Crippen LogP contribution in [-0.4, -0.2) is 15.4 Å². The molecule has 3 aliphatic rings. The molecule has 0 amide bonds. The van der Waals surface area contributed by atoms with E-state index in [2.05, 4.69) is 45.7 Å². The number of hydrogen-bond donors (Lipinski definition) is 0. The summed E-state index contributed by atoms with van der Waals surface area (Å²) in [6.45, 7) is 4.71. The van der Waals surface area contributed by atoms with Gasteiger partial charge in [-0.3, -0.25) is 0 Å².